The Morgan fingerprint density at radius 3 is 2.61 bits per heavy atom. The maximum atomic E-state index is 5.64. The molecule has 0 saturated heterocycles. The van der Waals surface area contributed by atoms with E-state index in [1.54, 1.807) is 19.4 Å². The Bertz CT molecular complexity index is 703. The zero-order chi connectivity index (χ0) is 16.7. The number of para-hydroxylation sites is 1. The molecule has 0 aliphatic heterocycles. The fourth-order valence-corrected chi connectivity index (χ4v) is 2.75. The zero-order valence-electron chi connectivity index (χ0n) is 12.6. The number of hydrogen-bond donors (Lipinski definition) is 1. The van der Waals surface area contributed by atoms with Gasteiger partial charge >= 0.3 is 0 Å². The summed E-state index contributed by atoms with van der Waals surface area (Å²) in [5.74, 6) is 1.23. The zero-order valence-corrected chi connectivity index (χ0v) is 15.7. The number of benzene rings is 2. The lowest BCUT2D eigenvalue weighted by atomic mass is 10.2. The molecule has 0 spiro atoms. The van der Waals surface area contributed by atoms with E-state index in [0.717, 1.165) is 20.2 Å². The van der Waals surface area contributed by atoms with Crippen LogP contribution in [0.15, 0.2) is 63.1 Å². The van der Waals surface area contributed by atoms with Gasteiger partial charge in [0, 0.05) is 10.0 Å². The van der Waals surface area contributed by atoms with Gasteiger partial charge in [-0.2, -0.15) is 5.10 Å². The molecular weight excluding hydrogens is 424 g/mol. The fraction of sp³-hybridized carbons (Fsp3) is 0.118. The standard InChI is InChI=1S/C17H16Br2N2O2/c1-3-9-23-17-14(22-2)10-12(15(18)16(17)19)11-20-21-13-7-5-4-6-8-13/h3-8,10-11,21H,1,9H2,2H3. The van der Waals surface area contributed by atoms with Gasteiger partial charge in [-0.25, -0.2) is 0 Å². The van der Waals surface area contributed by atoms with Gasteiger partial charge in [-0.1, -0.05) is 30.9 Å². The minimum absolute atomic E-state index is 0.393. The molecule has 6 heteroatoms. The van der Waals surface area contributed by atoms with Crippen molar-refractivity contribution in [3.05, 3.63) is 63.6 Å². The van der Waals surface area contributed by atoms with E-state index in [4.69, 9.17) is 9.47 Å². The normalized spacial score (nSPS) is 10.6. The second-order valence-corrected chi connectivity index (χ2v) is 6.05. The first-order chi connectivity index (χ1) is 11.2. The summed E-state index contributed by atoms with van der Waals surface area (Å²) in [6.07, 6.45) is 3.39. The van der Waals surface area contributed by atoms with Crippen molar-refractivity contribution in [2.75, 3.05) is 19.1 Å². The average molecular weight is 440 g/mol. The lowest BCUT2D eigenvalue weighted by Gasteiger charge is -2.14. The van der Waals surface area contributed by atoms with Gasteiger partial charge in [0.25, 0.3) is 0 Å². The summed E-state index contributed by atoms with van der Waals surface area (Å²) in [5.41, 5.74) is 4.74. The number of anilines is 1. The van der Waals surface area contributed by atoms with E-state index in [1.165, 1.54) is 0 Å². The first kappa shape index (κ1) is 17.6. The first-order valence-corrected chi connectivity index (χ1v) is 8.39. The summed E-state index contributed by atoms with van der Waals surface area (Å²) >= 11 is 7.07. The Morgan fingerprint density at radius 2 is 1.96 bits per heavy atom. The molecule has 4 nitrogen and oxygen atoms in total. The Hall–Kier alpha value is -1.79. The van der Waals surface area contributed by atoms with Crippen LogP contribution < -0.4 is 14.9 Å². The van der Waals surface area contributed by atoms with E-state index in [0.29, 0.717) is 18.1 Å². The SMILES string of the molecule is C=CCOc1c(OC)cc(C=NNc2ccccc2)c(Br)c1Br. The van der Waals surface area contributed by atoms with Gasteiger partial charge in [0.2, 0.25) is 0 Å². The summed E-state index contributed by atoms with van der Waals surface area (Å²) in [4.78, 5) is 0. The molecule has 0 amide bonds. The van der Waals surface area contributed by atoms with Crippen molar-refractivity contribution in [1.29, 1.82) is 0 Å². The molecule has 2 rings (SSSR count). The monoisotopic (exact) mass is 438 g/mol. The third-order valence-electron chi connectivity index (χ3n) is 2.89. The van der Waals surface area contributed by atoms with E-state index in [2.05, 4.69) is 49.0 Å². The molecule has 120 valence electrons. The number of hydrogen-bond acceptors (Lipinski definition) is 4. The van der Waals surface area contributed by atoms with Crippen molar-refractivity contribution >= 4 is 43.8 Å². The van der Waals surface area contributed by atoms with Crippen LogP contribution in [0.5, 0.6) is 11.5 Å². The lowest BCUT2D eigenvalue weighted by molar-refractivity contribution is 0.324. The minimum Gasteiger partial charge on any atom is -0.493 e. The summed E-state index contributed by atoms with van der Waals surface area (Å²) in [5, 5.41) is 4.24. The second-order valence-electron chi connectivity index (χ2n) is 4.46. The van der Waals surface area contributed by atoms with Crippen LogP contribution in [0.1, 0.15) is 5.56 Å². The molecule has 0 fully saturated rings. The highest BCUT2D eigenvalue weighted by atomic mass is 79.9. The fourth-order valence-electron chi connectivity index (χ4n) is 1.82. The Labute approximate surface area is 152 Å². The Kier molecular flexibility index (Phi) is 6.67. The van der Waals surface area contributed by atoms with Gasteiger partial charge < -0.3 is 9.47 Å². The maximum Gasteiger partial charge on any atom is 0.176 e. The smallest absolute Gasteiger partial charge is 0.176 e. The number of ether oxygens (including phenoxy) is 2. The summed E-state index contributed by atoms with van der Waals surface area (Å²) < 4.78 is 12.6. The van der Waals surface area contributed by atoms with E-state index < -0.39 is 0 Å². The quantitative estimate of drug-likeness (QED) is 0.364. The third-order valence-corrected chi connectivity index (χ3v) is 5.04. The molecule has 2 aromatic carbocycles. The number of hydrazone groups is 1. The van der Waals surface area contributed by atoms with Crippen LogP contribution in [-0.4, -0.2) is 19.9 Å². The molecule has 0 saturated carbocycles. The Balaban J connectivity index is 2.25. The summed E-state index contributed by atoms with van der Waals surface area (Å²) in [6.45, 7) is 4.04. The average Bonchev–Trinajstić information content (AvgIpc) is 2.58. The van der Waals surface area contributed by atoms with E-state index >= 15 is 0 Å². The molecule has 2 aromatic rings. The lowest BCUT2D eigenvalue weighted by Crippen LogP contribution is -2.00. The van der Waals surface area contributed by atoms with Gasteiger partial charge in [-0.15, -0.1) is 0 Å². The van der Waals surface area contributed by atoms with Crippen molar-refractivity contribution in [1.82, 2.24) is 0 Å². The van der Waals surface area contributed by atoms with Crippen LogP contribution in [0.2, 0.25) is 0 Å². The topological polar surface area (TPSA) is 42.9 Å². The van der Waals surface area contributed by atoms with Crippen molar-refractivity contribution in [2.24, 2.45) is 5.10 Å². The largest absolute Gasteiger partial charge is 0.493 e. The van der Waals surface area contributed by atoms with E-state index in [1.807, 2.05) is 36.4 Å². The predicted octanol–water partition coefficient (Wildman–Crippen LogP) is 5.23. The Morgan fingerprint density at radius 1 is 1.22 bits per heavy atom. The number of methoxy groups -OCH3 is 1. The number of nitrogens with one attached hydrogen (secondary N) is 1. The molecule has 0 bridgehead atoms. The van der Waals surface area contributed by atoms with E-state index in [9.17, 15) is 0 Å². The van der Waals surface area contributed by atoms with Crippen molar-refractivity contribution < 1.29 is 9.47 Å². The van der Waals surface area contributed by atoms with Gasteiger partial charge in [-0.05, 0) is 50.1 Å². The van der Waals surface area contributed by atoms with Gasteiger partial charge in [-0.3, -0.25) is 5.43 Å². The summed E-state index contributed by atoms with van der Waals surface area (Å²) in [6, 6.07) is 11.6. The second kappa shape index (κ2) is 8.74. The number of halogens is 2. The molecule has 0 unspecified atom stereocenters. The van der Waals surface area contributed by atoms with Crippen LogP contribution in [0.25, 0.3) is 0 Å². The highest BCUT2D eigenvalue weighted by molar-refractivity contribution is 9.13. The third kappa shape index (κ3) is 4.59. The van der Waals surface area contributed by atoms with Crippen LogP contribution in [0.3, 0.4) is 0 Å². The molecule has 0 aromatic heterocycles. The molecule has 0 radical (unpaired) electrons. The highest BCUT2D eigenvalue weighted by Gasteiger charge is 2.16. The van der Waals surface area contributed by atoms with Crippen LogP contribution in [0, 0.1) is 0 Å². The molecular formula is C17H16Br2N2O2. The maximum absolute atomic E-state index is 5.64. The first-order valence-electron chi connectivity index (χ1n) is 6.81. The predicted molar refractivity (Wildman–Crippen MR) is 102 cm³/mol. The molecule has 1 N–H and O–H groups in total. The number of rotatable bonds is 7. The molecule has 0 aliphatic rings. The van der Waals surface area contributed by atoms with Gasteiger partial charge in [0.05, 0.1) is 23.5 Å². The van der Waals surface area contributed by atoms with Crippen molar-refractivity contribution in [3.8, 4) is 11.5 Å². The number of nitrogens with zero attached hydrogens (tertiary/aromatic N) is 1. The molecule has 23 heavy (non-hydrogen) atoms. The van der Waals surface area contributed by atoms with Crippen LogP contribution in [0.4, 0.5) is 5.69 Å². The van der Waals surface area contributed by atoms with Gasteiger partial charge in [0.1, 0.15) is 6.61 Å². The van der Waals surface area contributed by atoms with E-state index in [-0.39, 0.29) is 0 Å². The molecule has 0 aliphatic carbocycles. The molecule has 0 heterocycles. The van der Waals surface area contributed by atoms with Crippen LogP contribution in [-0.2, 0) is 0 Å². The van der Waals surface area contributed by atoms with Gasteiger partial charge in [0.15, 0.2) is 11.5 Å². The van der Waals surface area contributed by atoms with Crippen molar-refractivity contribution in [3.63, 3.8) is 0 Å². The minimum atomic E-state index is 0.393. The van der Waals surface area contributed by atoms with Crippen molar-refractivity contribution in [2.45, 2.75) is 0 Å². The summed E-state index contributed by atoms with van der Waals surface area (Å²) in [7, 11) is 1.60. The molecule has 0 atom stereocenters. The highest BCUT2D eigenvalue weighted by Crippen LogP contribution is 2.42. The van der Waals surface area contributed by atoms with Crippen LogP contribution >= 0.6 is 31.9 Å².